The summed E-state index contributed by atoms with van der Waals surface area (Å²) in [6, 6.07) is 5.47. The molecule has 1 atom stereocenters. The molecular formula is C16H22N2O3S. The van der Waals surface area contributed by atoms with Crippen LogP contribution in [0.15, 0.2) is 18.2 Å². The van der Waals surface area contributed by atoms with Gasteiger partial charge in [-0.3, -0.25) is 9.59 Å². The summed E-state index contributed by atoms with van der Waals surface area (Å²) < 4.78 is 5.32. The number of fused-ring (bicyclic) bond motifs is 1. The number of rotatable bonds is 7. The third-order valence-electron chi connectivity index (χ3n) is 3.39. The van der Waals surface area contributed by atoms with Gasteiger partial charge in [-0.25, -0.2) is 0 Å². The zero-order valence-corrected chi connectivity index (χ0v) is 13.8. The van der Waals surface area contributed by atoms with E-state index in [9.17, 15) is 9.59 Å². The second kappa shape index (κ2) is 8.08. The molecular weight excluding hydrogens is 300 g/mol. The lowest BCUT2D eigenvalue weighted by atomic mass is 10.1. The number of anilines is 1. The van der Waals surface area contributed by atoms with Crippen LogP contribution in [0.4, 0.5) is 5.69 Å². The summed E-state index contributed by atoms with van der Waals surface area (Å²) in [7, 11) is 0. The van der Waals surface area contributed by atoms with Crippen LogP contribution in [0.25, 0.3) is 0 Å². The Morgan fingerprint density at radius 3 is 3.09 bits per heavy atom. The van der Waals surface area contributed by atoms with Gasteiger partial charge in [0.2, 0.25) is 5.91 Å². The highest BCUT2D eigenvalue weighted by Gasteiger charge is 2.18. The highest BCUT2D eigenvalue weighted by atomic mass is 32.2. The Labute approximate surface area is 135 Å². The molecule has 0 radical (unpaired) electrons. The summed E-state index contributed by atoms with van der Waals surface area (Å²) in [5.74, 6) is 2.03. The Bertz CT molecular complexity index is 548. The molecule has 1 aliphatic rings. The number of carbonyl (C=O) groups excluding carboxylic acids is 2. The van der Waals surface area contributed by atoms with Gasteiger partial charge in [-0.15, -0.1) is 0 Å². The van der Waals surface area contributed by atoms with Gasteiger partial charge in [0.25, 0.3) is 5.91 Å². The first-order chi connectivity index (χ1) is 10.6. The minimum atomic E-state index is -0.159. The quantitative estimate of drug-likeness (QED) is 0.758. The van der Waals surface area contributed by atoms with Gasteiger partial charge < -0.3 is 15.4 Å². The summed E-state index contributed by atoms with van der Waals surface area (Å²) in [6.07, 6.45) is 2.28. The second-order valence-electron chi connectivity index (χ2n) is 5.29. The minimum absolute atomic E-state index is 0.0339. The molecule has 22 heavy (non-hydrogen) atoms. The first-order valence-corrected chi connectivity index (χ1v) is 8.69. The molecule has 2 rings (SSSR count). The molecule has 0 unspecified atom stereocenters. The van der Waals surface area contributed by atoms with Crippen molar-refractivity contribution in [3.05, 3.63) is 23.8 Å². The van der Waals surface area contributed by atoms with E-state index in [1.165, 1.54) is 0 Å². The summed E-state index contributed by atoms with van der Waals surface area (Å²) in [4.78, 5) is 23.3. The van der Waals surface area contributed by atoms with Crippen molar-refractivity contribution in [2.24, 2.45) is 0 Å². The van der Waals surface area contributed by atoms with Crippen LogP contribution < -0.4 is 15.4 Å². The molecule has 120 valence electrons. The van der Waals surface area contributed by atoms with E-state index < -0.39 is 0 Å². The number of ether oxygens (including phenoxy) is 1. The Morgan fingerprint density at radius 2 is 2.32 bits per heavy atom. The predicted molar refractivity (Wildman–Crippen MR) is 89.4 cm³/mol. The fraction of sp³-hybridized carbons (Fsp3) is 0.500. The lowest BCUT2D eigenvalue weighted by molar-refractivity contribution is -0.119. The molecule has 0 aromatic heterocycles. The van der Waals surface area contributed by atoms with Crippen molar-refractivity contribution >= 4 is 29.3 Å². The van der Waals surface area contributed by atoms with Crippen LogP contribution in [0.1, 0.15) is 38.3 Å². The average Bonchev–Trinajstić information content (AvgIpc) is 2.50. The van der Waals surface area contributed by atoms with Crippen LogP contribution in [0, 0.1) is 0 Å². The lowest BCUT2D eigenvalue weighted by Gasteiger charge is -2.21. The van der Waals surface area contributed by atoms with E-state index in [4.69, 9.17) is 4.74 Å². The van der Waals surface area contributed by atoms with Crippen LogP contribution in [0.2, 0.25) is 0 Å². The highest BCUT2D eigenvalue weighted by molar-refractivity contribution is 7.99. The molecule has 1 heterocycles. The van der Waals surface area contributed by atoms with Gasteiger partial charge in [-0.1, -0.05) is 19.4 Å². The van der Waals surface area contributed by atoms with Crippen LogP contribution in [0.3, 0.4) is 0 Å². The van der Waals surface area contributed by atoms with E-state index in [2.05, 4.69) is 17.6 Å². The Balaban J connectivity index is 1.89. The third kappa shape index (κ3) is 4.66. The number of thioether (sulfide) groups is 1. The predicted octanol–water partition coefficient (Wildman–Crippen LogP) is 2.73. The van der Waals surface area contributed by atoms with Crippen molar-refractivity contribution in [3.8, 4) is 5.75 Å². The Morgan fingerprint density at radius 1 is 1.50 bits per heavy atom. The molecule has 6 heteroatoms. The molecule has 0 spiro atoms. The van der Waals surface area contributed by atoms with Crippen LogP contribution >= 0.6 is 11.8 Å². The summed E-state index contributed by atoms with van der Waals surface area (Å²) in [6.45, 7) is 4.12. The van der Waals surface area contributed by atoms with Crippen molar-refractivity contribution in [1.29, 1.82) is 0 Å². The maximum absolute atomic E-state index is 11.9. The molecule has 0 fully saturated rings. The molecule has 0 aliphatic carbocycles. The van der Waals surface area contributed by atoms with E-state index >= 15 is 0 Å². The van der Waals surface area contributed by atoms with Crippen LogP contribution in [-0.2, 0) is 9.59 Å². The standard InChI is InChI=1S/C16H22N2O3S/c1-3-4-7-22-10-16(20)17-11(2)12-5-6-14-13(8-12)18-15(19)9-21-14/h5-6,8,11H,3-4,7,9-10H2,1-2H3,(H,17,20)(H,18,19)/t11-/m1/s1. The number of benzene rings is 1. The fourth-order valence-electron chi connectivity index (χ4n) is 2.15. The topological polar surface area (TPSA) is 67.4 Å². The molecule has 2 N–H and O–H groups in total. The lowest BCUT2D eigenvalue weighted by Crippen LogP contribution is -2.29. The molecule has 0 bridgehead atoms. The monoisotopic (exact) mass is 322 g/mol. The van der Waals surface area contributed by atoms with Crippen molar-refractivity contribution in [3.63, 3.8) is 0 Å². The van der Waals surface area contributed by atoms with Crippen molar-refractivity contribution in [2.75, 3.05) is 23.4 Å². The van der Waals surface area contributed by atoms with Crippen molar-refractivity contribution in [1.82, 2.24) is 5.32 Å². The minimum Gasteiger partial charge on any atom is -0.482 e. The van der Waals surface area contributed by atoms with Gasteiger partial charge in [0, 0.05) is 0 Å². The van der Waals surface area contributed by atoms with E-state index in [0.29, 0.717) is 17.2 Å². The van der Waals surface area contributed by atoms with E-state index in [-0.39, 0.29) is 24.5 Å². The number of hydrogen-bond donors (Lipinski definition) is 2. The van der Waals surface area contributed by atoms with E-state index in [0.717, 1.165) is 24.2 Å². The number of unbranched alkanes of at least 4 members (excludes halogenated alkanes) is 1. The number of amides is 2. The van der Waals surface area contributed by atoms with E-state index in [1.54, 1.807) is 11.8 Å². The molecule has 5 nitrogen and oxygen atoms in total. The maximum Gasteiger partial charge on any atom is 0.262 e. The van der Waals surface area contributed by atoms with Gasteiger partial charge >= 0.3 is 0 Å². The summed E-state index contributed by atoms with van der Waals surface area (Å²) in [5.41, 5.74) is 1.60. The SMILES string of the molecule is CCCCSCC(=O)N[C@H](C)c1ccc2c(c1)NC(=O)CO2. The van der Waals surface area contributed by atoms with Crippen molar-refractivity contribution < 1.29 is 14.3 Å². The molecule has 0 saturated heterocycles. The number of carbonyl (C=O) groups is 2. The Kier molecular flexibility index (Phi) is 6.12. The zero-order chi connectivity index (χ0) is 15.9. The molecule has 1 aliphatic heterocycles. The fourth-order valence-corrected chi connectivity index (χ4v) is 3.05. The van der Waals surface area contributed by atoms with Gasteiger partial charge in [-0.05, 0) is 36.8 Å². The van der Waals surface area contributed by atoms with Crippen molar-refractivity contribution in [2.45, 2.75) is 32.7 Å². The Hall–Kier alpha value is -1.69. The molecule has 1 aromatic carbocycles. The third-order valence-corrected chi connectivity index (χ3v) is 4.43. The molecule has 2 amide bonds. The number of nitrogens with one attached hydrogen (secondary N) is 2. The normalized spacial score (nSPS) is 14.5. The second-order valence-corrected chi connectivity index (χ2v) is 6.39. The van der Waals surface area contributed by atoms with Gasteiger partial charge in [0.15, 0.2) is 6.61 Å². The summed E-state index contributed by atoms with van der Waals surface area (Å²) >= 11 is 1.66. The molecule has 1 aromatic rings. The van der Waals surface area contributed by atoms with Gasteiger partial charge in [0.1, 0.15) is 5.75 Å². The van der Waals surface area contributed by atoms with Gasteiger partial charge in [-0.2, -0.15) is 11.8 Å². The molecule has 0 saturated carbocycles. The first kappa shape index (κ1) is 16.7. The average molecular weight is 322 g/mol. The smallest absolute Gasteiger partial charge is 0.262 e. The number of hydrogen-bond acceptors (Lipinski definition) is 4. The summed E-state index contributed by atoms with van der Waals surface area (Å²) in [5, 5.41) is 5.75. The van der Waals surface area contributed by atoms with Crippen LogP contribution in [0.5, 0.6) is 5.75 Å². The van der Waals surface area contributed by atoms with Crippen LogP contribution in [-0.4, -0.2) is 29.9 Å². The first-order valence-electron chi connectivity index (χ1n) is 7.54. The largest absolute Gasteiger partial charge is 0.482 e. The highest BCUT2D eigenvalue weighted by Crippen LogP contribution is 2.30. The van der Waals surface area contributed by atoms with E-state index in [1.807, 2.05) is 25.1 Å². The maximum atomic E-state index is 11.9. The zero-order valence-electron chi connectivity index (χ0n) is 13.0. The van der Waals surface area contributed by atoms with Gasteiger partial charge in [0.05, 0.1) is 17.5 Å².